The molecule has 0 aliphatic carbocycles. The summed E-state index contributed by atoms with van der Waals surface area (Å²) in [6, 6.07) is 26.7. The molecule has 5 rings (SSSR count). The van der Waals surface area contributed by atoms with Crippen molar-refractivity contribution in [3.8, 4) is 11.4 Å². The van der Waals surface area contributed by atoms with E-state index in [9.17, 15) is 17.6 Å². The zero-order valence-corrected chi connectivity index (χ0v) is 23.2. The van der Waals surface area contributed by atoms with E-state index in [0.29, 0.717) is 12.2 Å². The SMILES string of the molecule is CCS(=O)(=O)c1ccc(CC(=O)Nc2ccc(-c3nc4ccc(C)cc4n3CCc3ccc(F)cc3)cc2)cc1. The minimum absolute atomic E-state index is 0.0347. The van der Waals surface area contributed by atoms with Gasteiger partial charge in [0, 0.05) is 17.8 Å². The molecule has 5 aromatic rings. The number of hydrogen-bond acceptors (Lipinski definition) is 4. The van der Waals surface area contributed by atoms with Crippen LogP contribution >= 0.6 is 0 Å². The largest absolute Gasteiger partial charge is 0.326 e. The fourth-order valence-corrected chi connectivity index (χ4v) is 5.53. The van der Waals surface area contributed by atoms with Crippen molar-refractivity contribution in [1.82, 2.24) is 9.55 Å². The van der Waals surface area contributed by atoms with Gasteiger partial charge in [-0.15, -0.1) is 0 Å². The summed E-state index contributed by atoms with van der Waals surface area (Å²) in [6.07, 6.45) is 0.860. The Kier molecular flexibility index (Phi) is 7.80. The van der Waals surface area contributed by atoms with Crippen LogP contribution in [0.4, 0.5) is 10.1 Å². The van der Waals surface area contributed by atoms with Crippen LogP contribution < -0.4 is 5.32 Å². The molecule has 0 aliphatic heterocycles. The van der Waals surface area contributed by atoms with Crippen LogP contribution in [-0.2, 0) is 34.0 Å². The van der Waals surface area contributed by atoms with Gasteiger partial charge in [-0.25, -0.2) is 17.8 Å². The number of nitrogens with zero attached hydrogens (tertiary/aromatic N) is 2. The molecule has 0 aliphatic rings. The zero-order chi connectivity index (χ0) is 28.3. The first-order valence-electron chi connectivity index (χ1n) is 13.1. The highest BCUT2D eigenvalue weighted by Gasteiger charge is 2.15. The molecule has 8 heteroatoms. The van der Waals surface area contributed by atoms with Gasteiger partial charge in [-0.3, -0.25) is 4.79 Å². The molecule has 4 aromatic carbocycles. The third-order valence-corrected chi connectivity index (χ3v) is 8.65. The van der Waals surface area contributed by atoms with Crippen LogP contribution in [0.25, 0.3) is 22.4 Å². The second-order valence-corrected chi connectivity index (χ2v) is 12.1. The maximum Gasteiger partial charge on any atom is 0.228 e. The predicted octanol–water partition coefficient (Wildman–Crippen LogP) is 6.37. The number of carbonyl (C=O) groups excluding carboxylic acids is 1. The number of aromatic nitrogens is 2. The van der Waals surface area contributed by atoms with E-state index in [-0.39, 0.29) is 28.8 Å². The maximum absolute atomic E-state index is 13.4. The number of hydrogen-bond donors (Lipinski definition) is 1. The highest BCUT2D eigenvalue weighted by Crippen LogP contribution is 2.27. The van der Waals surface area contributed by atoms with Gasteiger partial charge in [0.2, 0.25) is 5.91 Å². The van der Waals surface area contributed by atoms with Crippen LogP contribution in [0.2, 0.25) is 0 Å². The number of anilines is 1. The third kappa shape index (κ3) is 6.13. The first-order chi connectivity index (χ1) is 19.2. The van der Waals surface area contributed by atoms with Crippen LogP contribution in [0.1, 0.15) is 23.6 Å². The number of benzene rings is 4. The molecular formula is C32H30FN3O3S. The highest BCUT2D eigenvalue weighted by molar-refractivity contribution is 7.91. The van der Waals surface area contributed by atoms with Crippen LogP contribution in [0.5, 0.6) is 0 Å². The summed E-state index contributed by atoms with van der Waals surface area (Å²) in [5.41, 5.74) is 6.42. The van der Waals surface area contributed by atoms with E-state index in [1.807, 2.05) is 36.4 Å². The standard InChI is InChI=1S/C32H30FN3O3S/c1-3-40(38,39)28-15-7-24(8-16-28)21-31(37)34-27-13-9-25(10-14-27)32-35-29-17-4-22(2)20-30(29)36(32)19-18-23-5-11-26(33)12-6-23/h4-17,20H,3,18-19,21H2,1-2H3,(H,34,37). The quantitative estimate of drug-likeness (QED) is 0.229. The lowest BCUT2D eigenvalue weighted by molar-refractivity contribution is -0.115. The van der Waals surface area contributed by atoms with Crippen LogP contribution in [0.3, 0.4) is 0 Å². The normalized spacial score (nSPS) is 11.6. The Morgan fingerprint density at radius 2 is 1.57 bits per heavy atom. The smallest absolute Gasteiger partial charge is 0.228 e. The van der Waals surface area contributed by atoms with Crippen molar-refractivity contribution in [2.75, 3.05) is 11.1 Å². The molecule has 1 N–H and O–H groups in total. The second kappa shape index (κ2) is 11.4. The van der Waals surface area contributed by atoms with Gasteiger partial charge >= 0.3 is 0 Å². The molecule has 0 unspecified atom stereocenters. The molecule has 40 heavy (non-hydrogen) atoms. The summed E-state index contributed by atoms with van der Waals surface area (Å²) >= 11 is 0. The van der Waals surface area contributed by atoms with Gasteiger partial charge in [0.05, 0.1) is 28.1 Å². The van der Waals surface area contributed by atoms with Crippen molar-refractivity contribution in [3.05, 3.63) is 114 Å². The molecule has 0 saturated heterocycles. The zero-order valence-electron chi connectivity index (χ0n) is 22.4. The van der Waals surface area contributed by atoms with Gasteiger partial charge in [-0.1, -0.05) is 37.3 Å². The van der Waals surface area contributed by atoms with Crippen LogP contribution in [0.15, 0.2) is 95.9 Å². The molecule has 1 amide bonds. The lowest BCUT2D eigenvalue weighted by Gasteiger charge is -2.11. The second-order valence-electron chi connectivity index (χ2n) is 9.81. The van der Waals surface area contributed by atoms with Crippen molar-refractivity contribution in [2.45, 2.75) is 38.1 Å². The summed E-state index contributed by atoms with van der Waals surface area (Å²) in [5.74, 6) is 0.414. The molecule has 6 nitrogen and oxygen atoms in total. The summed E-state index contributed by atoms with van der Waals surface area (Å²) in [5, 5.41) is 2.91. The van der Waals surface area contributed by atoms with Crippen molar-refractivity contribution >= 4 is 32.5 Å². The van der Waals surface area contributed by atoms with Crippen molar-refractivity contribution < 1.29 is 17.6 Å². The lowest BCUT2D eigenvalue weighted by atomic mass is 10.1. The van der Waals surface area contributed by atoms with E-state index in [4.69, 9.17) is 4.98 Å². The Morgan fingerprint density at radius 1 is 0.900 bits per heavy atom. The van der Waals surface area contributed by atoms with Crippen molar-refractivity contribution in [1.29, 1.82) is 0 Å². The Labute approximate surface area is 233 Å². The van der Waals surface area contributed by atoms with Crippen LogP contribution in [0, 0.1) is 12.7 Å². The van der Waals surface area contributed by atoms with Crippen molar-refractivity contribution in [2.24, 2.45) is 0 Å². The number of halogens is 1. The Morgan fingerprint density at radius 3 is 2.25 bits per heavy atom. The third-order valence-electron chi connectivity index (χ3n) is 6.90. The van der Waals surface area contributed by atoms with E-state index in [1.54, 1.807) is 43.3 Å². The molecule has 204 valence electrons. The number of amides is 1. The Balaban J connectivity index is 1.32. The number of fused-ring (bicyclic) bond motifs is 1. The van der Waals surface area contributed by atoms with Gasteiger partial charge in [0.25, 0.3) is 0 Å². The Bertz CT molecular complexity index is 1760. The first-order valence-corrected chi connectivity index (χ1v) is 14.8. The fraction of sp³-hybridized carbons (Fsp3) is 0.188. The van der Waals surface area contributed by atoms with E-state index in [2.05, 4.69) is 22.9 Å². The minimum Gasteiger partial charge on any atom is -0.326 e. The van der Waals surface area contributed by atoms with E-state index >= 15 is 0 Å². The number of aryl methyl sites for hydroxylation is 3. The number of rotatable bonds is 9. The van der Waals surface area contributed by atoms with E-state index < -0.39 is 9.84 Å². The van der Waals surface area contributed by atoms with Gasteiger partial charge < -0.3 is 9.88 Å². The first kappa shape index (κ1) is 27.3. The summed E-state index contributed by atoms with van der Waals surface area (Å²) in [6.45, 7) is 4.33. The average molecular weight is 556 g/mol. The summed E-state index contributed by atoms with van der Waals surface area (Å²) < 4.78 is 39.6. The predicted molar refractivity (Wildman–Crippen MR) is 157 cm³/mol. The number of sulfone groups is 1. The van der Waals surface area contributed by atoms with Gasteiger partial charge in [0.1, 0.15) is 11.6 Å². The number of carbonyl (C=O) groups is 1. The molecule has 0 saturated carbocycles. The molecule has 0 bridgehead atoms. The lowest BCUT2D eigenvalue weighted by Crippen LogP contribution is -2.14. The highest BCUT2D eigenvalue weighted by atomic mass is 32.2. The van der Waals surface area contributed by atoms with E-state index in [0.717, 1.165) is 45.5 Å². The maximum atomic E-state index is 13.4. The van der Waals surface area contributed by atoms with E-state index in [1.165, 1.54) is 12.1 Å². The average Bonchev–Trinajstić information content (AvgIpc) is 3.31. The summed E-state index contributed by atoms with van der Waals surface area (Å²) in [7, 11) is -3.27. The topological polar surface area (TPSA) is 81.1 Å². The fourth-order valence-electron chi connectivity index (χ4n) is 4.65. The number of imidazole rings is 1. The molecule has 1 heterocycles. The molecule has 1 aromatic heterocycles. The molecule has 0 radical (unpaired) electrons. The van der Waals surface area contributed by atoms with Crippen molar-refractivity contribution in [3.63, 3.8) is 0 Å². The molecule has 0 atom stereocenters. The molecule has 0 spiro atoms. The van der Waals surface area contributed by atoms with Gasteiger partial charge in [-0.2, -0.15) is 0 Å². The monoisotopic (exact) mass is 555 g/mol. The Hall–Kier alpha value is -4.30. The number of nitrogens with one attached hydrogen (secondary N) is 1. The van der Waals surface area contributed by atoms with Gasteiger partial charge in [0.15, 0.2) is 9.84 Å². The summed E-state index contributed by atoms with van der Waals surface area (Å²) in [4.78, 5) is 17.8. The minimum atomic E-state index is -3.27. The molecular weight excluding hydrogens is 525 g/mol. The van der Waals surface area contributed by atoms with Crippen LogP contribution in [-0.4, -0.2) is 29.6 Å². The van der Waals surface area contributed by atoms with Gasteiger partial charge in [-0.05, 0) is 90.7 Å². The molecule has 0 fully saturated rings.